The number of fused-ring (bicyclic) bond motifs is 7. The van der Waals surface area contributed by atoms with Crippen LogP contribution in [0.15, 0.2) is 180 Å². The van der Waals surface area contributed by atoms with Crippen LogP contribution in [0, 0.1) is 0 Å². The summed E-state index contributed by atoms with van der Waals surface area (Å²) in [7, 11) is 0. The SMILES string of the molecule is c1ccc(-c2ccc(N3c4ccccc4Sc4ccc(-c5ccc(-n6c7ccccc7c7sc8ccccc8c76)cc5)cc43)cc2)cc1. The van der Waals surface area contributed by atoms with E-state index in [0.29, 0.717) is 0 Å². The lowest BCUT2D eigenvalue weighted by Gasteiger charge is -2.33. The summed E-state index contributed by atoms with van der Waals surface area (Å²) in [5.74, 6) is 0. The Hall–Kier alpha value is -5.55. The topological polar surface area (TPSA) is 8.17 Å². The Labute approximate surface area is 287 Å². The van der Waals surface area contributed by atoms with Crippen molar-refractivity contribution in [1.82, 2.24) is 4.57 Å². The number of aromatic nitrogens is 1. The molecule has 0 N–H and O–H groups in total. The van der Waals surface area contributed by atoms with Gasteiger partial charge in [0.2, 0.25) is 0 Å². The minimum Gasteiger partial charge on any atom is -0.308 e. The fourth-order valence-corrected chi connectivity index (χ4v) is 9.39. The largest absolute Gasteiger partial charge is 0.308 e. The number of benzene rings is 7. The van der Waals surface area contributed by atoms with Crippen LogP contribution in [-0.2, 0) is 0 Å². The molecule has 0 atom stereocenters. The Morgan fingerprint density at radius 1 is 0.417 bits per heavy atom. The fourth-order valence-electron chi connectivity index (χ4n) is 7.13. The molecule has 0 aliphatic carbocycles. The first-order valence-electron chi connectivity index (χ1n) is 16.2. The fraction of sp³-hybridized carbons (Fsp3) is 0. The van der Waals surface area contributed by atoms with Crippen LogP contribution in [0.4, 0.5) is 17.1 Å². The molecule has 3 heterocycles. The maximum absolute atomic E-state index is 2.44. The molecule has 0 radical (unpaired) electrons. The highest BCUT2D eigenvalue weighted by Gasteiger charge is 2.25. The van der Waals surface area contributed by atoms with Gasteiger partial charge in [0.1, 0.15) is 0 Å². The molecule has 10 rings (SSSR count). The van der Waals surface area contributed by atoms with Crippen LogP contribution in [0.2, 0.25) is 0 Å². The molecule has 48 heavy (non-hydrogen) atoms. The Bertz CT molecular complexity index is 2630. The highest BCUT2D eigenvalue weighted by molar-refractivity contribution is 7.99. The van der Waals surface area contributed by atoms with Crippen LogP contribution in [-0.4, -0.2) is 4.57 Å². The lowest BCUT2D eigenvalue weighted by molar-refractivity contribution is 1.17. The van der Waals surface area contributed by atoms with Crippen molar-refractivity contribution in [2.24, 2.45) is 0 Å². The highest BCUT2D eigenvalue weighted by Crippen LogP contribution is 2.52. The molecule has 1 aliphatic heterocycles. The van der Waals surface area contributed by atoms with Crippen LogP contribution in [0.5, 0.6) is 0 Å². The number of hydrogen-bond donors (Lipinski definition) is 0. The summed E-state index contributed by atoms with van der Waals surface area (Å²) >= 11 is 3.73. The number of thiophene rings is 1. The van der Waals surface area contributed by atoms with Gasteiger partial charge in [-0.3, -0.25) is 0 Å². The normalized spacial score (nSPS) is 12.5. The zero-order valence-corrected chi connectivity index (χ0v) is 27.5. The van der Waals surface area contributed by atoms with Crippen molar-refractivity contribution in [1.29, 1.82) is 0 Å². The molecule has 0 bridgehead atoms. The Balaban J connectivity index is 1.07. The molecular weight excluding hydrogens is 621 g/mol. The summed E-state index contributed by atoms with van der Waals surface area (Å²) < 4.78 is 5.11. The third-order valence-electron chi connectivity index (χ3n) is 9.40. The molecule has 9 aromatic rings. The first-order valence-corrected chi connectivity index (χ1v) is 17.8. The van der Waals surface area contributed by atoms with Gasteiger partial charge in [0.05, 0.1) is 27.1 Å². The second-order valence-corrected chi connectivity index (χ2v) is 14.3. The van der Waals surface area contributed by atoms with Gasteiger partial charge in [-0.05, 0) is 82.9 Å². The molecule has 0 amide bonds. The molecule has 0 unspecified atom stereocenters. The molecule has 2 aromatic heterocycles. The summed E-state index contributed by atoms with van der Waals surface area (Å²) in [6.07, 6.45) is 0. The van der Waals surface area contributed by atoms with Crippen molar-refractivity contribution < 1.29 is 0 Å². The molecule has 7 aromatic carbocycles. The molecule has 0 fully saturated rings. The molecule has 1 aliphatic rings. The predicted molar refractivity (Wildman–Crippen MR) is 206 cm³/mol. The lowest BCUT2D eigenvalue weighted by Crippen LogP contribution is -2.14. The first kappa shape index (κ1) is 27.6. The maximum Gasteiger partial charge on any atom is 0.0727 e. The van der Waals surface area contributed by atoms with Gasteiger partial charge in [0.15, 0.2) is 0 Å². The van der Waals surface area contributed by atoms with Gasteiger partial charge in [-0.1, -0.05) is 121 Å². The lowest BCUT2D eigenvalue weighted by atomic mass is 10.0. The molecule has 2 nitrogen and oxygen atoms in total. The quantitative estimate of drug-likeness (QED) is 0.188. The van der Waals surface area contributed by atoms with Gasteiger partial charge in [0.25, 0.3) is 0 Å². The van der Waals surface area contributed by atoms with Crippen molar-refractivity contribution in [2.75, 3.05) is 4.90 Å². The monoisotopic (exact) mass is 648 g/mol. The van der Waals surface area contributed by atoms with E-state index in [2.05, 4.69) is 179 Å². The van der Waals surface area contributed by atoms with Crippen molar-refractivity contribution >= 4 is 71.4 Å². The van der Waals surface area contributed by atoms with Crippen LogP contribution < -0.4 is 4.90 Å². The first-order chi connectivity index (χ1) is 23.8. The highest BCUT2D eigenvalue weighted by atomic mass is 32.2. The Kier molecular flexibility index (Phi) is 6.33. The number of para-hydroxylation sites is 2. The van der Waals surface area contributed by atoms with Crippen LogP contribution in [0.25, 0.3) is 59.1 Å². The number of nitrogens with zero attached hydrogens (tertiary/aromatic N) is 2. The van der Waals surface area contributed by atoms with Gasteiger partial charge in [-0.2, -0.15) is 0 Å². The van der Waals surface area contributed by atoms with E-state index in [0.717, 1.165) is 5.69 Å². The third-order valence-corrected chi connectivity index (χ3v) is 11.7. The standard InChI is InChI=1S/C44H28N2S2/c1-2-10-29(11-3-1)30-18-23-33(24-19-30)45-38-15-7-9-17-41(38)47-42-27-22-32(28-39(42)45)31-20-25-34(26-21-31)46-37-14-6-4-12-35(37)44-43(46)36-13-5-8-16-40(36)48-44/h1-28H. The van der Waals surface area contributed by atoms with Gasteiger partial charge >= 0.3 is 0 Å². The number of anilines is 3. The van der Waals surface area contributed by atoms with E-state index in [1.165, 1.54) is 80.3 Å². The van der Waals surface area contributed by atoms with Gasteiger partial charge in [-0.15, -0.1) is 11.3 Å². The Morgan fingerprint density at radius 2 is 1.02 bits per heavy atom. The van der Waals surface area contributed by atoms with Gasteiger partial charge in [-0.25, -0.2) is 0 Å². The summed E-state index contributed by atoms with van der Waals surface area (Å²) in [6.45, 7) is 0. The second kappa shape index (κ2) is 11.0. The molecule has 226 valence electrons. The van der Waals surface area contributed by atoms with Crippen LogP contribution in [0.1, 0.15) is 0 Å². The maximum atomic E-state index is 2.44. The van der Waals surface area contributed by atoms with E-state index < -0.39 is 0 Å². The average molecular weight is 649 g/mol. The van der Waals surface area contributed by atoms with E-state index in [1.807, 2.05) is 23.1 Å². The summed E-state index contributed by atoms with van der Waals surface area (Å²) in [5, 5.41) is 2.62. The third kappa shape index (κ3) is 4.34. The number of hydrogen-bond acceptors (Lipinski definition) is 3. The van der Waals surface area contributed by atoms with E-state index in [-0.39, 0.29) is 0 Å². The molecule has 0 saturated heterocycles. The summed E-state index contributed by atoms with van der Waals surface area (Å²) in [5.41, 5.74) is 12.1. The van der Waals surface area contributed by atoms with E-state index >= 15 is 0 Å². The van der Waals surface area contributed by atoms with E-state index in [4.69, 9.17) is 0 Å². The molecular formula is C44H28N2S2. The van der Waals surface area contributed by atoms with Crippen LogP contribution >= 0.6 is 23.1 Å². The minimum absolute atomic E-state index is 1.16. The van der Waals surface area contributed by atoms with Crippen molar-refractivity contribution in [3.05, 3.63) is 170 Å². The molecule has 0 spiro atoms. The summed E-state index contributed by atoms with van der Waals surface area (Å²) in [4.78, 5) is 4.94. The Morgan fingerprint density at radius 3 is 1.85 bits per heavy atom. The van der Waals surface area contributed by atoms with Gasteiger partial charge < -0.3 is 9.47 Å². The molecule has 0 saturated carbocycles. The van der Waals surface area contributed by atoms with Crippen LogP contribution in [0.3, 0.4) is 0 Å². The van der Waals surface area contributed by atoms with Gasteiger partial charge in [0, 0.05) is 36.6 Å². The number of rotatable bonds is 4. The smallest absolute Gasteiger partial charge is 0.0727 e. The zero-order chi connectivity index (χ0) is 31.6. The zero-order valence-electron chi connectivity index (χ0n) is 25.9. The molecule has 4 heteroatoms. The second-order valence-electron chi connectivity index (χ2n) is 12.2. The van der Waals surface area contributed by atoms with Crippen molar-refractivity contribution in [2.45, 2.75) is 9.79 Å². The van der Waals surface area contributed by atoms with Crippen molar-refractivity contribution in [3.63, 3.8) is 0 Å². The average Bonchev–Trinajstić information content (AvgIpc) is 3.69. The summed E-state index contributed by atoms with van der Waals surface area (Å²) in [6, 6.07) is 61.8. The minimum atomic E-state index is 1.16. The predicted octanol–water partition coefficient (Wildman–Crippen LogP) is 13.3. The van der Waals surface area contributed by atoms with E-state index in [1.54, 1.807) is 0 Å². The van der Waals surface area contributed by atoms with E-state index in [9.17, 15) is 0 Å². The van der Waals surface area contributed by atoms with Crippen molar-refractivity contribution in [3.8, 4) is 27.9 Å².